The van der Waals surface area contributed by atoms with Gasteiger partial charge in [0.1, 0.15) is 35.4 Å². The number of fused-ring (bicyclic) bond motifs is 2. The summed E-state index contributed by atoms with van der Waals surface area (Å²) in [4.78, 5) is 29.7. The van der Waals surface area contributed by atoms with Crippen molar-refractivity contribution < 1.29 is 42.7 Å². The van der Waals surface area contributed by atoms with Gasteiger partial charge in [0.15, 0.2) is 12.6 Å². The van der Waals surface area contributed by atoms with E-state index in [1.54, 1.807) is 55.5 Å². The Labute approximate surface area is 275 Å². The third-order valence-electron chi connectivity index (χ3n) is 7.73. The first-order valence-corrected chi connectivity index (χ1v) is 15.7. The number of benzene rings is 2. The highest BCUT2D eigenvalue weighted by Crippen LogP contribution is 2.36. The second-order valence-electron chi connectivity index (χ2n) is 11.8. The molecule has 2 aliphatic heterocycles. The fraction of sp³-hybridized carbons (Fsp3) is 0.486. The summed E-state index contributed by atoms with van der Waals surface area (Å²) in [5.41, 5.74) is 9.66. The number of hydrogen-bond donors (Lipinski definition) is 0. The molecule has 2 aromatic rings. The number of rotatable bonds is 11. The van der Waals surface area contributed by atoms with E-state index in [4.69, 9.17) is 38.7 Å². The average molecular weight is 650 g/mol. The molecule has 12 heteroatoms. The Morgan fingerprint density at radius 3 is 2.62 bits per heavy atom. The smallest absolute Gasteiger partial charge is 0.342 e. The maximum Gasteiger partial charge on any atom is 0.342 e. The lowest BCUT2D eigenvalue weighted by Gasteiger charge is -2.25. The molecule has 0 aromatic heterocycles. The van der Waals surface area contributed by atoms with Crippen LogP contribution in [0.4, 0.5) is 0 Å². The number of carbonyl (C=O) groups excluding carboxylic acids is 2. The van der Waals surface area contributed by atoms with Crippen molar-refractivity contribution in [1.29, 1.82) is 0 Å². The molecule has 5 atom stereocenters. The van der Waals surface area contributed by atoms with E-state index < -0.39 is 42.1 Å². The molecule has 1 fully saturated rings. The molecule has 252 valence electrons. The van der Waals surface area contributed by atoms with E-state index in [9.17, 15) is 9.59 Å². The minimum atomic E-state index is -0.932. The van der Waals surface area contributed by atoms with Crippen molar-refractivity contribution in [3.8, 4) is 11.5 Å². The summed E-state index contributed by atoms with van der Waals surface area (Å²) in [6.45, 7) is 7.99. The van der Waals surface area contributed by atoms with Gasteiger partial charge in [-0.05, 0) is 75.4 Å². The molecule has 2 aliphatic rings. The number of cyclic esters (lactones) is 1. The van der Waals surface area contributed by atoms with Crippen LogP contribution in [0.3, 0.4) is 0 Å². The van der Waals surface area contributed by atoms with Crippen LogP contribution < -0.4 is 9.47 Å². The van der Waals surface area contributed by atoms with Gasteiger partial charge in [0.05, 0.1) is 18.3 Å². The van der Waals surface area contributed by atoms with Crippen LogP contribution in [0.15, 0.2) is 65.8 Å². The van der Waals surface area contributed by atoms with Gasteiger partial charge in [0.25, 0.3) is 0 Å². The summed E-state index contributed by atoms with van der Waals surface area (Å²) in [6, 6.07) is 12.1. The predicted octanol–water partition coefficient (Wildman–Crippen LogP) is 7.04. The van der Waals surface area contributed by atoms with E-state index in [2.05, 4.69) is 10.0 Å². The van der Waals surface area contributed by atoms with E-state index in [-0.39, 0.29) is 24.0 Å². The first-order chi connectivity index (χ1) is 22.6. The van der Waals surface area contributed by atoms with E-state index in [1.807, 2.05) is 39.0 Å². The van der Waals surface area contributed by atoms with Gasteiger partial charge in [0.2, 0.25) is 0 Å². The van der Waals surface area contributed by atoms with Crippen LogP contribution >= 0.6 is 0 Å². The summed E-state index contributed by atoms with van der Waals surface area (Å²) in [5.74, 6) is -1.53. The first-order valence-electron chi connectivity index (χ1n) is 15.7. The number of hydrogen-bond acceptors (Lipinski definition) is 10. The minimum absolute atomic E-state index is 0.0964. The zero-order valence-corrected chi connectivity index (χ0v) is 27.5. The summed E-state index contributed by atoms with van der Waals surface area (Å²) < 4.78 is 41.5. The van der Waals surface area contributed by atoms with Crippen molar-refractivity contribution in [2.75, 3.05) is 27.1 Å². The molecule has 2 aromatic carbocycles. The number of methoxy groups -OCH3 is 1. The Morgan fingerprint density at radius 1 is 1.09 bits per heavy atom. The van der Waals surface area contributed by atoms with E-state index >= 15 is 0 Å². The van der Waals surface area contributed by atoms with Crippen LogP contribution in [-0.2, 0) is 23.7 Å². The lowest BCUT2D eigenvalue weighted by molar-refractivity contribution is -0.152. The molecular weight excluding hydrogens is 606 g/mol. The topological polar surface area (TPSA) is 148 Å². The molecule has 1 unspecified atom stereocenters. The molecule has 0 amide bonds. The Morgan fingerprint density at radius 2 is 1.87 bits per heavy atom. The Bertz CT molecular complexity index is 1470. The normalized spacial score (nSPS) is 25.1. The standard InChI is InChI=1S/C35H43N3O9/c1-23-16-17-28(45-33(39)25-12-7-6-8-13-25)32-29(46-35(3,4)47-32)15-11-14-26-20-27(42-19-10-9-18-37-38-36)21-30(43-22-41-5)31(26)34(40)44-24(23)2/h6-8,11-14,16-17,20-21,23-24,28-29,32H,9-10,15,18-19,22H2,1-5H3/b14-11+,17-16-/t23-,24+,28?,29+,32-/m1/s1. The summed E-state index contributed by atoms with van der Waals surface area (Å²) >= 11 is 0. The molecule has 2 heterocycles. The highest BCUT2D eigenvalue weighted by atomic mass is 16.8. The Balaban J connectivity index is 1.69. The summed E-state index contributed by atoms with van der Waals surface area (Å²) in [6.07, 6.45) is 6.57. The third-order valence-corrected chi connectivity index (χ3v) is 7.73. The second kappa shape index (κ2) is 17.0. The third kappa shape index (κ3) is 10.1. The van der Waals surface area contributed by atoms with Crippen LogP contribution in [0.5, 0.6) is 11.5 Å². The molecule has 0 aliphatic carbocycles. The van der Waals surface area contributed by atoms with Gasteiger partial charge in [0, 0.05) is 30.6 Å². The van der Waals surface area contributed by atoms with E-state index in [0.29, 0.717) is 49.3 Å². The lowest BCUT2D eigenvalue weighted by Crippen LogP contribution is -2.37. The Hall–Kier alpha value is -4.35. The lowest BCUT2D eigenvalue weighted by atomic mass is 9.98. The number of ether oxygens (including phenoxy) is 7. The Kier molecular flexibility index (Phi) is 12.8. The zero-order chi connectivity index (χ0) is 33.8. The monoisotopic (exact) mass is 649 g/mol. The maximum absolute atomic E-state index is 13.7. The quantitative estimate of drug-likeness (QED) is 0.0475. The summed E-state index contributed by atoms with van der Waals surface area (Å²) in [7, 11) is 1.49. The summed E-state index contributed by atoms with van der Waals surface area (Å²) in [5, 5.41) is 3.55. The fourth-order valence-electron chi connectivity index (χ4n) is 5.21. The van der Waals surface area contributed by atoms with Crippen molar-refractivity contribution in [3.05, 3.63) is 87.8 Å². The van der Waals surface area contributed by atoms with E-state index in [0.717, 1.165) is 0 Å². The number of nitrogens with zero attached hydrogens (tertiary/aromatic N) is 3. The van der Waals surface area contributed by atoms with Gasteiger partial charge in [-0.3, -0.25) is 0 Å². The molecule has 0 N–H and O–H groups in total. The van der Waals surface area contributed by atoms with Gasteiger partial charge in [-0.15, -0.1) is 0 Å². The first kappa shape index (κ1) is 35.5. The van der Waals surface area contributed by atoms with Gasteiger partial charge >= 0.3 is 11.9 Å². The molecule has 4 rings (SSSR count). The highest BCUT2D eigenvalue weighted by molar-refractivity contribution is 5.97. The molecule has 47 heavy (non-hydrogen) atoms. The van der Waals surface area contributed by atoms with Crippen LogP contribution in [0.2, 0.25) is 0 Å². The maximum atomic E-state index is 13.7. The number of esters is 2. The minimum Gasteiger partial charge on any atom is -0.493 e. The highest BCUT2D eigenvalue weighted by Gasteiger charge is 2.45. The van der Waals surface area contributed by atoms with Crippen molar-refractivity contribution in [2.45, 2.75) is 77.2 Å². The van der Waals surface area contributed by atoms with Crippen molar-refractivity contribution >= 4 is 18.0 Å². The van der Waals surface area contributed by atoms with E-state index in [1.165, 1.54) is 7.11 Å². The largest absolute Gasteiger partial charge is 0.493 e. The SMILES string of the molecule is COCOc1cc(OCCCCN=[N+]=[N-])cc2c1C(=O)O[C@@H](C)[C@H](C)/C=C\C(OC(=O)c1ccccc1)[C@H]1OC(C)(C)O[C@H]1C/C=C/2. The predicted molar refractivity (Wildman–Crippen MR) is 174 cm³/mol. The van der Waals surface area contributed by atoms with Gasteiger partial charge in [-0.25, -0.2) is 9.59 Å². The number of carbonyl (C=O) groups is 2. The molecule has 0 spiro atoms. The van der Waals surface area contributed by atoms with Crippen LogP contribution in [0.25, 0.3) is 16.5 Å². The van der Waals surface area contributed by atoms with Crippen LogP contribution in [0.1, 0.15) is 73.2 Å². The van der Waals surface area contributed by atoms with Gasteiger partial charge in [-0.1, -0.05) is 48.5 Å². The molecule has 0 radical (unpaired) electrons. The van der Waals surface area contributed by atoms with Crippen molar-refractivity contribution in [1.82, 2.24) is 0 Å². The van der Waals surface area contributed by atoms with Crippen LogP contribution in [-0.4, -0.2) is 69.2 Å². The molecular formula is C35H43N3O9. The second-order valence-corrected chi connectivity index (χ2v) is 11.8. The average Bonchev–Trinajstić information content (AvgIpc) is 3.36. The zero-order valence-electron chi connectivity index (χ0n) is 27.5. The van der Waals surface area contributed by atoms with Crippen LogP contribution in [0, 0.1) is 5.92 Å². The molecule has 0 bridgehead atoms. The number of azide groups is 1. The van der Waals surface area contributed by atoms with Crippen molar-refractivity contribution in [2.24, 2.45) is 11.0 Å². The molecule has 0 saturated carbocycles. The molecule has 1 saturated heterocycles. The van der Waals surface area contributed by atoms with Crippen molar-refractivity contribution in [3.63, 3.8) is 0 Å². The van der Waals surface area contributed by atoms with Gasteiger partial charge in [-0.2, -0.15) is 0 Å². The number of unbranched alkanes of at least 4 members (excludes halogenated alkanes) is 1. The molecule has 12 nitrogen and oxygen atoms in total. The fourth-order valence-corrected chi connectivity index (χ4v) is 5.21. The van der Waals surface area contributed by atoms with Gasteiger partial charge < -0.3 is 33.2 Å².